The predicted molar refractivity (Wildman–Crippen MR) is 73.3 cm³/mol. The topological polar surface area (TPSA) is 102 Å². The summed E-state index contributed by atoms with van der Waals surface area (Å²) in [6.07, 6.45) is 5.33. The van der Waals surface area contributed by atoms with Crippen LogP contribution in [0.2, 0.25) is 0 Å². The van der Waals surface area contributed by atoms with Crippen LogP contribution < -0.4 is 11.1 Å². The lowest BCUT2D eigenvalue weighted by Crippen LogP contribution is -2.42. The minimum Gasteiger partial charge on any atom is -0.354 e. The van der Waals surface area contributed by atoms with Gasteiger partial charge in [-0.25, -0.2) is 8.42 Å². The molecule has 19 heavy (non-hydrogen) atoms. The van der Waals surface area contributed by atoms with Gasteiger partial charge in [-0.3, -0.25) is 9.78 Å². The van der Waals surface area contributed by atoms with Gasteiger partial charge < -0.3 is 11.1 Å². The molecule has 1 aromatic heterocycles. The number of rotatable bonds is 7. The van der Waals surface area contributed by atoms with Crippen molar-refractivity contribution in [2.45, 2.75) is 18.9 Å². The monoisotopic (exact) mass is 285 g/mol. The smallest absolute Gasteiger partial charge is 0.236 e. The molecule has 7 heteroatoms. The van der Waals surface area contributed by atoms with Gasteiger partial charge >= 0.3 is 0 Å². The zero-order chi connectivity index (χ0) is 14.3. The third kappa shape index (κ3) is 6.88. The van der Waals surface area contributed by atoms with Gasteiger partial charge in [0.05, 0.1) is 11.8 Å². The second-order valence-corrected chi connectivity index (χ2v) is 6.68. The van der Waals surface area contributed by atoms with Crippen LogP contribution in [0.3, 0.4) is 0 Å². The molecule has 1 unspecified atom stereocenters. The first-order valence-electron chi connectivity index (χ1n) is 5.98. The summed E-state index contributed by atoms with van der Waals surface area (Å²) in [5.41, 5.74) is 6.69. The number of carbonyl (C=O) groups is 1. The van der Waals surface area contributed by atoms with E-state index >= 15 is 0 Å². The molecule has 1 atom stereocenters. The van der Waals surface area contributed by atoms with Gasteiger partial charge in [0, 0.05) is 25.2 Å². The van der Waals surface area contributed by atoms with Gasteiger partial charge in [-0.05, 0) is 30.5 Å². The normalized spacial score (nSPS) is 12.9. The standard InChI is InChI=1S/C12H19N3O3S/c1-19(17,18)9-5-11(13)12(16)15-8-4-10-2-6-14-7-3-10/h2-3,6-7,11H,4-5,8-9,13H2,1H3,(H,15,16). The van der Waals surface area contributed by atoms with E-state index in [4.69, 9.17) is 5.73 Å². The number of carbonyl (C=O) groups excluding carboxylic acids is 1. The fourth-order valence-corrected chi connectivity index (χ4v) is 2.16. The van der Waals surface area contributed by atoms with Crippen LogP contribution in [-0.2, 0) is 21.1 Å². The maximum Gasteiger partial charge on any atom is 0.236 e. The van der Waals surface area contributed by atoms with Gasteiger partial charge in [0.1, 0.15) is 9.84 Å². The summed E-state index contributed by atoms with van der Waals surface area (Å²) < 4.78 is 21.9. The molecule has 0 fully saturated rings. The molecule has 0 aliphatic rings. The molecule has 0 aliphatic carbocycles. The molecule has 3 N–H and O–H groups in total. The largest absolute Gasteiger partial charge is 0.354 e. The van der Waals surface area contributed by atoms with Crippen LogP contribution in [-0.4, -0.2) is 43.9 Å². The summed E-state index contributed by atoms with van der Waals surface area (Å²) >= 11 is 0. The van der Waals surface area contributed by atoms with Crippen molar-refractivity contribution in [3.05, 3.63) is 30.1 Å². The van der Waals surface area contributed by atoms with E-state index in [1.807, 2.05) is 12.1 Å². The number of hydrogen-bond acceptors (Lipinski definition) is 5. The van der Waals surface area contributed by atoms with E-state index in [1.54, 1.807) is 12.4 Å². The molecule has 0 aromatic carbocycles. The first-order chi connectivity index (χ1) is 8.88. The molecule has 0 aliphatic heterocycles. The summed E-state index contributed by atoms with van der Waals surface area (Å²) in [7, 11) is -3.08. The number of pyridine rings is 1. The molecule has 1 amide bonds. The Hall–Kier alpha value is -1.47. The minimum atomic E-state index is -3.08. The van der Waals surface area contributed by atoms with Crippen LogP contribution in [0, 0.1) is 0 Å². The van der Waals surface area contributed by atoms with Crippen molar-refractivity contribution in [2.75, 3.05) is 18.6 Å². The van der Waals surface area contributed by atoms with Crippen molar-refractivity contribution in [1.29, 1.82) is 0 Å². The van der Waals surface area contributed by atoms with Crippen LogP contribution in [0.5, 0.6) is 0 Å². The quantitative estimate of drug-likeness (QED) is 0.703. The number of sulfone groups is 1. The molecule has 0 saturated carbocycles. The van der Waals surface area contributed by atoms with Crippen molar-refractivity contribution < 1.29 is 13.2 Å². The SMILES string of the molecule is CS(=O)(=O)CCC(N)C(=O)NCCc1ccncc1. The van der Waals surface area contributed by atoms with Gasteiger partial charge in [0.15, 0.2) is 0 Å². The van der Waals surface area contributed by atoms with Crippen molar-refractivity contribution in [1.82, 2.24) is 10.3 Å². The summed E-state index contributed by atoms with van der Waals surface area (Å²) in [4.78, 5) is 15.5. The lowest BCUT2D eigenvalue weighted by molar-refractivity contribution is -0.122. The molecule has 0 saturated heterocycles. The number of amides is 1. The summed E-state index contributed by atoms with van der Waals surface area (Å²) in [6.45, 7) is 0.468. The first-order valence-corrected chi connectivity index (χ1v) is 8.04. The van der Waals surface area contributed by atoms with Crippen LogP contribution in [0.25, 0.3) is 0 Å². The molecule has 0 bridgehead atoms. The minimum absolute atomic E-state index is 0.0774. The Balaban J connectivity index is 2.27. The van der Waals surface area contributed by atoms with Crippen LogP contribution in [0.15, 0.2) is 24.5 Å². The number of nitrogens with one attached hydrogen (secondary N) is 1. The number of hydrogen-bond donors (Lipinski definition) is 2. The zero-order valence-corrected chi connectivity index (χ0v) is 11.7. The number of aromatic nitrogens is 1. The second kappa shape index (κ2) is 7.20. The number of nitrogens with two attached hydrogens (primary N) is 1. The molecule has 0 radical (unpaired) electrons. The average Bonchev–Trinajstić information content (AvgIpc) is 2.36. The first kappa shape index (κ1) is 15.6. The molecule has 1 heterocycles. The second-order valence-electron chi connectivity index (χ2n) is 4.42. The van der Waals surface area contributed by atoms with E-state index in [-0.39, 0.29) is 18.1 Å². The van der Waals surface area contributed by atoms with E-state index in [9.17, 15) is 13.2 Å². The average molecular weight is 285 g/mol. The van der Waals surface area contributed by atoms with E-state index in [0.29, 0.717) is 13.0 Å². The maximum atomic E-state index is 11.6. The molecule has 1 aromatic rings. The molecular weight excluding hydrogens is 266 g/mol. The van der Waals surface area contributed by atoms with Crippen molar-refractivity contribution in [2.24, 2.45) is 5.73 Å². The third-order valence-electron chi connectivity index (χ3n) is 2.60. The summed E-state index contributed by atoms with van der Waals surface area (Å²) in [5, 5.41) is 2.69. The fraction of sp³-hybridized carbons (Fsp3) is 0.500. The van der Waals surface area contributed by atoms with E-state index in [0.717, 1.165) is 11.8 Å². The van der Waals surface area contributed by atoms with Crippen LogP contribution in [0.4, 0.5) is 0 Å². The molecule has 106 valence electrons. The molecule has 0 spiro atoms. The number of nitrogens with zero attached hydrogens (tertiary/aromatic N) is 1. The van der Waals surface area contributed by atoms with Gasteiger partial charge in [0.2, 0.25) is 5.91 Å². The lowest BCUT2D eigenvalue weighted by Gasteiger charge is -2.11. The molecule has 1 rings (SSSR count). The van der Waals surface area contributed by atoms with Gasteiger partial charge in [-0.15, -0.1) is 0 Å². The Kier molecular flexibility index (Phi) is 5.91. The Morgan fingerprint density at radius 1 is 1.42 bits per heavy atom. The highest BCUT2D eigenvalue weighted by molar-refractivity contribution is 7.90. The highest BCUT2D eigenvalue weighted by atomic mass is 32.2. The predicted octanol–water partition coefficient (Wildman–Crippen LogP) is -0.498. The van der Waals surface area contributed by atoms with Crippen molar-refractivity contribution in [3.63, 3.8) is 0 Å². The Morgan fingerprint density at radius 2 is 2.05 bits per heavy atom. The summed E-state index contributed by atoms with van der Waals surface area (Å²) in [5.74, 6) is -0.399. The fourth-order valence-electron chi connectivity index (χ4n) is 1.48. The lowest BCUT2D eigenvalue weighted by atomic mass is 10.2. The van der Waals surface area contributed by atoms with E-state index < -0.39 is 15.9 Å². The Bertz CT molecular complexity index is 502. The van der Waals surface area contributed by atoms with Crippen molar-refractivity contribution in [3.8, 4) is 0 Å². The van der Waals surface area contributed by atoms with E-state index in [1.165, 1.54) is 0 Å². The molecular formula is C12H19N3O3S. The van der Waals surface area contributed by atoms with Crippen molar-refractivity contribution >= 4 is 15.7 Å². The van der Waals surface area contributed by atoms with Gasteiger partial charge in [0.25, 0.3) is 0 Å². The third-order valence-corrected chi connectivity index (χ3v) is 3.58. The summed E-state index contributed by atoms with van der Waals surface area (Å²) in [6, 6.07) is 2.96. The van der Waals surface area contributed by atoms with Gasteiger partial charge in [-0.2, -0.15) is 0 Å². The Morgan fingerprint density at radius 3 is 2.63 bits per heavy atom. The van der Waals surface area contributed by atoms with Crippen LogP contribution in [0.1, 0.15) is 12.0 Å². The highest BCUT2D eigenvalue weighted by Crippen LogP contribution is 1.97. The Labute approximate surface area is 113 Å². The molecule has 6 nitrogen and oxygen atoms in total. The highest BCUT2D eigenvalue weighted by Gasteiger charge is 2.15. The van der Waals surface area contributed by atoms with E-state index in [2.05, 4.69) is 10.3 Å². The maximum absolute atomic E-state index is 11.6. The zero-order valence-electron chi connectivity index (χ0n) is 10.9. The van der Waals surface area contributed by atoms with Crippen LogP contribution >= 0.6 is 0 Å². The van der Waals surface area contributed by atoms with Gasteiger partial charge in [-0.1, -0.05) is 0 Å².